The summed E-state index contributed by atoms with van der Waals surface area (Å²) < 4.78 is 0. The third-order valence-electron chi connectivity index (χ3n) is 3.23. The van der Waals surface area contributed by atoms with Gasteiger partial charge in [-0.05, 0) is 25.3 Å². The second-order valence-electron chi connectivity index (χ2n) is 4.77. The number of nitrogens with zero attached hydrogens (tertiary/aromatic N) is 1. The van der Waals surface area contributed by atoms with Crippen LogP contribution in [0.5, 0.6) is 0 Å². The Kier molecular flexibility index (Phi) is 3.79. The molecule has 0 spiro atoms. The SMILES string of the molecule is Cc1cccc(CCC(=O)N2CC[C@H](O)C2)c1. The van der Waals surface area contributed by atoms with Crippen molar-refractivity contribution >= 4 is 5.91 Å². The van der Waals surface area contributed by atoms with Gasteiger partial charge in [-0.1, -0.05) is 29.8 Å². The number of β-amino-alcohol motifs (C(OH)–C–C–N with tert-alkyl or cyclic N) is 1. The van der Waals surface area contributed by atoms with Gasteiger partial charge in [0, 0.05) is 19.5 Å². The van der Waals surface area contributed by atoms with Crippen LogP contribution in [0.2, 0.25) is 0 Å². The average Bonchev–Trinajstić information content (AvgIpc) is 2.73. The Morgan fingerprint density at radius 3 is 3.00 bits per heavy atom. The first-order valence-electron chi connectivity index (χ1n) is 6.16. The summed E-state index contributed by atoms with van der Waals surface area (Å²) in [5.41, 5.74) is 2.43. The number of carbonyl (C=O) groups excluding carboxylic acids is 1. The molecule has 1 aliphatic rings. The fourth-order valence-electron chi connectivity index (χ4n) is 2.25. The standard InChI is InChI=1S/C14H19NO2/c1-11-3-2-4-12(9-11)5-6-14(17)15-8-7-13(16)10-15/h2-4,9,13,16H,5-8,10H2,1H3/t13-/m0/s1. The minimum absolute atomic E-state index is 0.156. The van der Waals surface area contributed by atoms with E-state index in [1.807, 2.05) is 6.07 Å². The zero-order valence-electron chi connectivity index (χ0n) is 10.2. The maximum absolute atomic E-state index is 11.9. The van der Waals surface area contributed by atoms with E-state index in [9.17, 15) is 9.90 Å². The van der Waals surface area contributed by atoms with Crippen LogP contribution < -0.4 is 0 Å². The molecule has 1 amide bonds. The highest BCUT2D eigenvalue weighted by Gasteiger charge is 2.23. The lowest BCUT2D eigenvalue weighted by Crippen LogP contribution is -2.29. The number of aliphatic hydroxyl groups excluding tert-OH is 1. The van der Waals surface area contributed by atoms with Gasteiger partial charge in [0.1, 0.15) is 0 Å². The van der Waals surface area contributed by atoms with E-state index in [-0.39, 0.29) is 12.0 Å². The molecule has 0 unspecified atom stereocenters. The van der Waals surface area contributed by atoms with Crippen LogP contribution in [0.15, 0.2) is 24.3 Å². The van der Waals surface area contributed by atoms with E-state index < -0.39 is 0 Å². The molecule has 1 N–H and O–H groups in total. The Hall–Kier alpha value is -1.35. The van der Waals surface area contributed by atoms with Crippen molar-refractivity contribution in [3.05, 3.63) is 35.4 Å². The molecule has 1 aromatic rings. The van der Waals surface area contributed by atoms with Crippen LogP contribution >= 0.6 is 0 Å². The number of hydrogen-bond donors (Lipinski definition) is 1. The van der Waals surface area contributed by atoms with E-state index in [1.54, 1.807) is 4.90 Å². The molecule has 0 aromatic heterocycles. The summed E-state index contributed by atoms with van der Waals surface area (Å²) in [5, 5.41) is 9.38. The fraction of sp³-hybridized carbons (Fsp3) is 0.500. The molecule has 3 nitrogen and oxygen atoms in total. The summed E-state index contributed by atoms with van der Waals surface area (Å²) >= 11 is 0. The zero-order chi connectivity index (χ0) is 12.3. The summed E-state index contributed by atoms with van der Waals surface area (Å²) in [7, 11) is 0. The highest BCUT2D eigenvalue weighted by Crippen LogP contribution is 2.12. The molecule has 17 heavy (non-hydrogen) atoms. The number of benzene rings is 1. The number of aliphatic hydroxyl groups is 1. The van der Waals surface area contributed by atoms with Gasteiger partial charge in [0.15, 0.2) is 0 Å². The van der Waals surface area contributed by atoms with Crippen molar-refractivity contribution in [1.82, 2.24) is 4.90 Å². The predicted octanol–water partition coefficient (Wildman–Crippen LogP) is 1.52. The Labute approximate surface area is 102 Å². The number of amides is 1. The maximum atomic E-state index is 11.9. The molecule has 92 valence electrons. The topological polar surface area (TPSA) is 40.5 Å². The molecular formula is C14H19NO2. The van der Waals surface area contributed by atoms with E-state index in [1.165, 1.54) is 11.1 Å². The second kappa shape index (κ2) is 5.32. The van der Waals surface area contributed by atoms with Crippen LogP contribution in [0.25, 0.3) is 0 Å². The summed E-state index contributed by atoms with van der Waals surface area (Å²) in [6.45, 7) is 3.27. The van der Waals surface area contributed by atoms with Gasteiger partial charge in [-0.3, -0.25) is 4.79 Å². The lowest BCUT2D eigenvalue weighted by atomic mass is 10.1. The molecule has 1 fully saturated rings. The lowest BCUT2D eigenvalue weighted by Gasteiger charge is -2.15. The fourth-order valence-corrected chi connectivity index (χ4v) is 2.25. The number of likely N-dealkylation sites (tertiary alicyclic amines) is 1. The molecule has 3 heteroatoms. The van der Waals surface area contributed by atoms with Gasteiger partial charge in [0.05, 0.1) is 6.10 Å². The summed E-state index contributed by atoms with van der Waals surface area (Å²) in [6, 6.07) is 8.25. The molecular weight excluding hydrogens is 214 g/mol. The second-order valence-corrected chi connectivity index (χ2v) is 4.77. The van der Waals surface area contributed by atoms with Gasteiger partial charge in [0.2, 0.25) is 5.91 Å². The number of aryl methyl sites for hydroxylation is 2. The minimum Gasteiger partial charge on any atom is -0.391 e. The highest BCUT2D eigenvalue weighted by atomic mass is 16.3. The van der Waals surface area contributed by atoms with Crippen molar-refractivity contribution in [2.24, 2.45) is 0 Å². The van der Waals surface area contributed by atoms with Gasteiger partial charge in [-0.15, -0.1) is 0 Å². The van der Waals surface area contributed by atoms with E-state index in [4.69, 9.17) is 0 Å². The van der Waals surface area contributed by atoms with Crippen molar-refractivity contribution in [2.45, 2.75) is 32.3 Å². The van der Waals surface area contributed by atoms with Crippen molar-refractivity contribution in [1.29, 1.82) is 0 Å². The first kappa shape index (κ1) is 12.1. The molecule has 0 saturated carbocycles. The van der Waals surface area contributed by atoms with Gasteiger partial charge >= 0.3 is 0 Å². The average molecular weight is 233 g/mol. The molecule has 2 rings (SSSR count). The first-order chi connectivity index (χ1) is 8.15. The van der Waals surface area contributed by atoms with Crippen LogP contribution in [0.3, 0.4) is 0 Å². The molecule has 0 radical (unpaired) electrons. The van der Waals surface area contributed by atoms with E-state index in [2.05, 4.69) is 25.1 Å². The Balaban J connectivity index is 1.84. The summed E-state index contributed by atoms with van der Waals surface area (Å²) in [5.74, 6) is 0.156. The van der Waals surface area contributed by atoms with Crippen LogP contribution in [0.4, 0.5) is 0 Å². The molecule has 0 aliphatic carbocycles. The molecule has 1 heterocycles. The molecule has 1 aromatic carbocycles. The van der Waals surface area contributed by atoms with Crippen molar-refractivity contribution < 1.29 is 9.90 Å². The lowest BCUT2D eigenvalue weighted by molar-refractivity contribution is -0.130. The summed E-state index contributed by atoms with van der Waals surface area (Å²) in [6.07, 6.45) is 1.72. The highest BCUT2D eigenvalue weighted by molar-refractivity contribution is 5.76. The molecule has 1 atom stereocenters. The van der Waals surface area contributed by atoms with E-state index in [0.29, 0.717) is 19.5 Å². The van der Waals surface area contributed by atoms with Gasteiger partial charge in [0.25, 0.3) is 0 Å². The largest absolute Gasteiger partial charge is 0.391 e. The maximum Gasteiger partial charge on any atom is 0.222 e. The third kappa shape index (κ3) is 3.30. The minimum atomic E-state index is -0.321. The summed E-state index contributed by atoms with van der Waals surface area (Å²) in [4.78, 5) is 13.6. The van der Waals surface area contributed by atoms with Crippen LogP contribution in [-0.4, -0.2) is 35.1 Å². The molecule has 0 bridgehead atoms. The quantitative estimate of drug-likeness (QED) is 0.860. The number of hydrogen-bond acceptors (Lipinski definition) is 2. The Morgan fingerprint density at radius 1 is 1.53 bits per heavy atom. The van der Waals surface area contributed by atoms with Crippen LogP contribution in [-0.2, 0) is 11.2 Å². The van der Waals surface area contributed by atoms with Crippen LogP contribution in [0, 0.1) is 6.92 Å². The molecule has 1 saturated heterocycles. The normalized spacial score (nSPS) is 19.6. The van der Waals surface area contributed by atoms with Crippen molar-refractivity contribution in [2.75, 3.05) is 13.1 Å². The monoisotopic (exact) mass is 233 g/mol. The van der Waals surface area contributed by atoms with E-state index in [0.717, 1.165) is 12.8 Å². The number of rotatable bonds is 3. The molecule has 1 aliphatic heterocycles. The first-order valence-corrected chi connectivity index (χ1v) is 6.16. The third-order valence-corrected chi connectivity index (χ3v) is 3.23. The Morgan fingerprint density at radius 2 is 2.35 bits per heavy atom. The zero-order valence-corrected chi connectivity index (χ0v) is 10.2. The smallest absolute Gasteiger partial charge is 0.222 e. The predicted molar refractivity (Wildman–Crippen MR) is 66.7 cm³/mol. The van der Waals surface area contributed by atoms with Crippen molar-refractivity contribution in [3.8, 4) is 0 Å². The van der Waals surface area contributed by atoms with E-state index >= 15 is 0 Å². The van der Waals surface area contributed by atoms with Gasteiger partial charge in [-0.25, -0.2) is 0 Å². The van der Waals surface area contributed by atoms with Gasteiger partial charge in [-0.2, -0.15) is 0 Å². The number of carbonyl (C=O) groups is 1. The van der Waals surface area contributed by atoms with Crippen LogP contribution in [0.1, 0.15) is 24.0 Å². The van der Waals surface area contributed by atoms with Crippen molar-refractivity contribution in [3.63, 3.8) is 0 Å². The Bertz CT molecular complexity index is 403. The van der Waals surface area contributed by atoms with Gasteiger partial charge < -0.3 is 10.0 Å².